The van der Waals surface area contributed by atoms with Gasteiger partial charge in [0.15, 0.2) is 0 Å². The van der Waals surface area contributed by atoms with Crippen LogP contribution in [0.25, 0.3) is 11.5 Å². The topological polar surface area (TPSA) is 77.8 Å². The van der Waals surface area contributed by atoms with Crippen LogP contribution in [0.3, 0.4) is 0 Å². The Kier molecular flexibility index (Phi) is 2.96. The van der Waals surface area contributed by atoms with Crippen LogP contribution in [0.5, 0.6) is 0 Å². The fourth-order valence-corrected chi connectivity index (χ4v) is 1.38. The molecular weight excluding hydrogens is 204 g/mol. The zero-order valence-electron chi connectivity index (χ0n) is 9.34. The Hall–Kier alpha value is -1.75. The summed E-state index contributed by atoms with van der Waals surface area (Å²) >= 11 is 0. The minimum absolute atomic E-state index is 0.203. The van der Waals surface area contributed by atoms with E-state index in [-0.39, 0.29) is 6.04 Å². The second-order valence-electron chi connectivity index (χ2n) is 3.64. The molecule has 2 aromatic heterocycles. The Balaban J connectivity index is 2.35. The molecule has 0 radical (unpaired) electrons. The molecule has 0 spiro atoms. The number of rotatable bonds is 3. The lowest BCUT2D eigenvalue weighted by atomic mass is 10.2. The van der Waals surface area contributed by atoms with Crippen LogP contribution in [0.15, 0.2) is 22.9 Å². The van der Waals surface area contributed by atoms with Crippen LogP contribution < -0.4 is 5.73 Å². The summed E-state index contributed by atoms with van der Waals surface area (Å²) in [5.41, 5.74) is 7.56. The Morgan fingerprint density at radius 2 is 2.31 bits per heavy atom. The molecule has 0 aliphatic rings. The third-order valence-corrected chi connectivity index (χ3v) is 2.42. The van der Waals surface area contributed by atoms with E-state index in [0.29, 0.717) is 11.7 Å². The van der Waals surface area contributed by atoms with E-state index in [4.69, 9.17) is 10.3 Å². The van der Waals surface area contributed by atoms with Crippen LogP contribution in [0.4, 0.5) is 0 Å². The van der Waals surface area contributed by atoms with Gasteiger partial charge in [0.05, 0.1) is 6.04 Å². The Labute approximate surface area is 93.7 Å². The van der Waals surface area contributed by atoms with Crippen molar-refractivity contribution in [3.8, 4) is 11.5 Å². The van der Waals surface area contributed by atoms with Crippen molar-refractivity contribution >= 4 is 0 Å². The molecule has 84 valence electrons. The zero-order chi connectivity index (χ0) is 11.5. The maximum atomic E-state index is 5.81. The number of hydrogen-bond acceptors (Lipinski definition) is 5. The van der Waals surface area contributed by atoms with Gasteiger partial charge in [-0.15, -0.1) is 0 Å². The molecule has 16 heavy (non-hydrogen) atoms. The summed E-state index contributed by atoms with van der Waals surface area (Å²) < 4.78 is 5.10. The van der Waals surface area contributed by atoms with E-state index in [1.165, 1.54) is 0 Å². The number of nitrogens with zero attached hydrogens (tertiary/aromatic N) is 3. The molecular formula is C11H14N4O. The summed E-state index contributed by atoms with van der Waals surface area (Å²) in [7, 11) is 0. The molecule has 2 heterocycles. The molecule has 2 rings (SSSR count). The van der Waals surface area contributed by atoms with Gasteiger partial charge in [-0.05, 0) is 25.0 Å². The number of aryl methyl sites for hydroxylation is 1. The predicted molar refractivity (Wildman–Crippen MR) is 59.5 cm³/mol. The fourth-order valence-electron chi connectivity index (χ4n) is 1.38. The van der Waals surface area contributed by atoms with E-state index >= 15 is 0 Å². The molecule has 1 atom stereocenters. The van der Waals surface area contributed by atoms with Gasteiger partial charge in [-0.25, -0.2) is 0 Å². The first-order chi connectivity index (χ1) is 7.72. The molecule has 0 fully saturated rings. The maximum Gasteiger partial charge on any atom is 0.243 e. The largest absolute Gasteiger partial charge is 0.337 e. The number of aromatic nitrogens is 3. The molecule has 5 heteroatoms. The summed E-state index contributed by atoms with van der Waals surface area (Å²) in [6, 6.07) is 3.63. The molecule has 0 saturated heterocycles. The second-order valence-corrected chi connectivity index (χ2v) is 3.64. The molecule has 0 bridgehead atoms. The monoisotopic (exact) mass is 218 g/mol. The number of pyridine rings is 1. The van der Waals surface area contributed by atoms with Crippen molar-refractivity contribution in [2.75, 3.05) is 0 Å². The van der Waals surface area contributed by atoms with Gasteiger partial charge in [0, 0.05) is 6.20 Å². The van der Waals surface area contributed by atoms with Crippen LogP contribution >= 0.6 is 0 Å². The Morgan fingerprint density at radius 1 is 1.50 bits per heavy atom. The van der Waals surface area contributed by atoms with Gasteiger partial charge in [-0.1, -0.05) is 18.1 Å². The normalized spacial score (nSPS) is 12.7. The highest BCUT2D eigenvalue weighted by molar-refractivity contribution is 5.53. The van der Waals surface area contributed by atoms with Gasteiger partial charge in [-0.2, -0.15) is 4.98 Å². The maximum absolute atomic E-state index is 5.81. The van der Waals surface area contributed by atoms with Crippen LogP contribution in [-0.4, -0.2) is 15.1 Å². The van der Waals surface area contributed by atoms with E-state index in [1.807, 2.05) is 26.0 Å². The van der Waals surface area contributed by atoms with Crippen molar-refractivity contribution in [2.24, 2.45) is 5.73 Å². The standard InChI is InChI=1S/C11H14N4O/c1-3-8(12)11-14-10(15-16-11)9-7(2)5-4-6-13-9/h4-6,8H,3,12H2,1-2H3/t8-/m0/s1. The highest BCUT2D eigenvalue weighted by Gasteiger charge is 2.15. The van der Waals surface area contributed by atoms with Crippen molar-refractivity contribution < 1.29 is 4.52 Å². The van der Waals surface area contributed by atoms with Crippen molar-refractivity contribution in [3.05, 3.63) is 29.8 Å². The van der Waals surface area contributed by atoms with Crippen molar-refractivity contribution in [3.63, 3.8) is 0 Å². The fraction of sp³-hybridized carbons (Fsp3) is 0.364. The molecule has 0 aliphatic heterocycles. The summed E-state index contributed by atoms with van der Waals surface area (Å²) in [5.74, 6) is 0.958. The third-order valence-electron chi connectivity index (χ3n) is 2.42. The first kappa shape index (κ1) is 10.8. The molecule has 2 aromatic rings. The molecule has 0 saturated carbocycles. The summed E-state index contributed by atoms with van der Waals surface area (Å²) in [6.45, 7) is 3.93. The minimum Gasteiger partial charge on any atom is -0.337 e. The van der Waals surface area contributed by atoms with Gasteiger partial charge in [0.25, 0.3) is 0 Å². The Bertz CT molecular complexity index is 480. The van der Waals surface area contributed by atoms with E-state index < -0.39 is 0 Å². The van der Waals surface area contributed by atoms with Crippen molar-refractivity contribution in [1.82, 2.24) is 15.1 Å². The first-order valence-corrected chi connectivity index (χ1v) is 5.23. The smallest absolute Gasteiger partial charge is 0.243 e. The predicted octanol–water partition coefficient (Wildman–Crippen LogP) is 1.85. The summed E-state index contributed by atoms with van der Waals surface area (Å²) in [5, 5.41) is 3.89. The highest BCUT2D eigenvalue weighted by atomic mass is 16.5. The van der Waals surface area contributed by atoms with Crippen LogP contribution in [0.2, 0.25) is 0 Å². The number of nitrogens with two attached hydrogens (primary N) is 1. The van der Waals surface area contributed by atoms with Gasteiger partial charge >= 0.3 is 0 Å². The lowest BCUT2D eigenvalue weighted by Crippen LogP contribution is -2.08. The Morgan fingerprint density at radius 3 is 3.00 bits per heavy atom. The van der Waals surface area contributed by atoms with E-state index in [9.17, 15) is 0 Å². The molecule has 0 aromatic carbocycles. The summed E-state index contributed by atoms with van der Waals surface area (Å²) in [6.07, 6.45) is 2.47. The van der Waals surface area contributed by atoms with Crippen LogP contribution in [0, 0.1) is 6.92 Å². The van der Waals surface area contributed by atoms with Gasteiger partial charge in [0.2, 0.25) is 11.7 Å². The molecule has 5 nitrogen and oxygen atoms in total. The molecule has 2 N–H and O–H groups in total. The summed E-state index contributed by atoms with van der Waals surface area (Å²) in [4.78, 5) is 8.47. The second kappa shape index (κ2) is 4.40. The average Bonchev–Trinajstić information content (AvgIpc) is 2.78. The molecule has 0 unspecified atom stereocenters. The van der Waals surface area contributed by atoms with Crippen LogP contribution in [0.1, 0.15) is 30.8 Å². The lowest BCUT2D eigenvalue weighted by molar-refractivity contribution is 0.352. The third kappa shape index (κ3) is 1.94. The quantitative estimate of drug-likeness (QED) is 0.850. The molecule has 0 aliphatic carbocycles. The zero-order valence-corrected chi connectivity index (χ0v) is 9.34. The minimum atomic E-state index is -0.203. The van der Waals surface area contributed by atoms with Crippen LogP contribution in [-0.2, 0) is 0 Å². The SMILES string of the molecule is CC[C@H](N)c1nc(-c2ncccc2C)no1. The lowest BCUT2D eigenvalue weighted by Gasteiger charge is -1.99. The highest BCUT2D eigenvalue weighted by Crippen LogP contribution is 2.19. The first-order valence-electron chi connectivity index (χ1n) is 5.23. The van der Waals surface area contributed by atoms with Gasteiger partial charge in [0.1, 0.15) is 5.69 Å². The average molecular weight is 218 g/mol. The molecule has 0 amide bonds. The number of hydrogen-bond donors (Lipinski definition) is 1. The van der Waals surface area contributed by atoms with E-state index in [0.717, 1.165) is 17.7 Å². The van der Waals surface area contributed by atoms with Gasteiger partial charge < -0.3 is 10.3 Å². The van der Waals surface area contributed by atoms with Crippen molar-refractivity contribution in [2.45, 2.75) is 26.3 Å². The van der Waals surface area contributed by atoms with Gasteiger partial charge in [-0.3, -0.25) is 4.98 Å². The van der Waals surface area contributed by atoms with Crippen molar-refractivity contribution in [1.29, 1.82) is 0 Å². The van der Waals surface area contributed by atoms with E-state index in [2.05, 4.69) is 15.1 Å². The van der Waals surface area contributed by atoms with E-state index in [1.54, 1.807) is 6.20 Å².